The van der Waals surface area contributed by atoms with E-state index in [2.05, 4.69) is 4.98 Å². The van der Waals surface area contributed by atoms with E-state index in [0.29, 0.717) is 21.2 Å². The summed E-state index contributed by atoms with van der Waals surface area (Å²) in [7, 11) is 0. The first-order chi connectivity index (χ1) is 8.91. The lowest BCUT2D eigenvalue weighted by Gasteiger charge is -2.11. The molecule has 0 unspecified atom stereocenters. The van der Waals surface area contributed by atoms with Gasteiger partial charge >= 0.3 is 5.97 Å². The van der Waals surface area contributed by atoms with Gasteiger partial charge in [0.1, 0.15) is 5.82 Å². The molecule has 0 aliphatic rings. The van der Waals surface area contributed by atoms with Gasteiger partial charge in [-0.2, -0.15) is 0 Å². The van der Waals surface area contributed by atoms with Crippen LogP contribution in [0.15, 0.2) is 24.4 Å². The molecule has 2 rings (SSSR count). The number of carboxylic acid groups (broad SMARTS) is 1. The highest BCUT2D eigenvalue weighted by Gasteiger charge is 2.17. The van der Waals surface area contributed by atoms with Crippen LogP contribution in [0.5, 0.6) is 0 Å². The van der Waals surface area contributed by atoms with Crippen LogP contribution in [-0.2, 0) is 0 Å². The molecule has 0 atom stereocenters. The Morgan fingerprint density at radius 2 is 1.84 bits per heavy atom. The number of carboxylic acids is 1. The Bertz CT molecular complexity index is 674. The number of anilines is 1. The van der Waals surface area contributed by atoms with Gasteiger partial charge < -0.3 is 10.8 Å². The standard InChI is InChI=1S/C12H7Cl3N2O2/c13-7-1-2-8(14)10(15)9(7)6-3-5(12(18)19)4-17-11(6)16/h1-4H,(H2,16,17)(H,18,19). The number of pyridine rings is 1. The number of nitrogens with zero attached hydrogens (tertiary/aromatic N) is 1. The van der Waals surface area contributed by atoms with Gasteiger partial charge in [0.05, 0.1) is 20.6 Å². The number of nitrogen functional groups attached to an aromatic ring is 1. The van der Waals surface area contributed by atoms with Crippen molar-refractivity contribution < 1.29 is 9.90 Å². The number of aromatic nitrogens is 1. The van der Waals surface area contributed by atoms with Crippen molar-refractivity contribution in [2.24, 2.45) is 0 Å². The Labute approximate surface area is 123 Å². The van der Waals surface area contributed by atoms with Crippen molar-refractivity contribution in [1.82, 2.24) is 4.98 Å². The minimum absolute atomic E-state index is 0.0173. The Hall–Kier alpha value is -1.49. The average Bonchev–Trinajstić information content (AvgIpc) is 2.36. The summed E-state index contributed by atoms with van der Waals surface area (Å²) in [5, 5.41) is 9.77. The van der Waals surface area contributed by atoms with Gasteiger partial charge in [-0.25, -0.2) is 9.78 Å². The smallest absolute Gasteiger partial charge is 0.337 e. The van der Waals surface area contributed by atoms with Gasteiger partial charge in [-0.15, -0.1) is 0 Å². The van der Waals surface area contributed by atoms with Crippen LogP contribution in [0, 0.1) is 0 Å². The molecule has 0 bridgehead atoms. The lowest BCUT2D eigenvalue weighted by Crippen LogP contribution is -2.02. The summed E-state index contributed by atoms with van der Waals surface area (Å²) in [6.07, 6.45) is 1.16. The van der Waals surface area contributed by atoms with E-state index in [1.54, 1.807) is 12.1 Å². The van der Waals surface area contributed by atoms with Crippen molar-refractivity contribution in [1.29, 1.82) is 0 Å². The molecular weight excluding hydrogens is 311 g/mol. The summed E-state index contributed by atoms with van der Waals surface area (Å²) >= 11 is 18.1. The fraction of sp³-hybridized carbons (Fsp3) is 0. The van der Waals surface area contributed by atoms with E-state index in [4.69, 9.17) is 45.6 Å². The third-order valence-electron chi connectivity index (χ3n) is 2.48. The van der Waals surface area contributed by atoms with Crippen LogP contribution in [0.2, 0.25) is 15.1 Å². The molecule has 0 radical (unpaired) electrons. The third-order valence-corrected chi connectivity index (χ3v) is 3.60. The zero-order valence-corrected chi connectivity index (χ0v) is 11.6. The van der Waals surface area contributed by atoms with Crippen molar-refractivity contribution in [3.63, 3.8) is 0 Å². The van der Waals surface area contributed by atoms with E-state index in [0.717, 1.165) is 6.20 Å². The lowest BCUT2D eigenvalue weighted by molar-refractivity contribution is 0.0696. The highest BCUT2D eigenvalue weighted by molar-refractivity contribution is 6.46. The van der Waals surface area contributed by atoms with Crippen molar-refractivity contribution in [3.05, 3.63) is 45.0 Å². The zero-order chi connectivity index (χ0) is 14.2. The first-order valence-corrected chi connectivity index (χ1v) is 6.18. The molecule has 0 saturated heterocycles. The fourth-order valence-electron chi connectivity index (χ4n) is 1.57. The van der Waals surface area contributed by atoms with Crippen LogP contribution in [0.25, 0.3) is 11.1 Å². The van der Waals surface area contributed by atoms with E-state index in [1.165, 1.54) is 6.07 Å². The predicted octanol–water partition coefficient (Wildman–Crippen LogP) is 3.99. The van der Waals surface area contributed by atoms with Crippen LogP contribution >= 0.6 is 34.8 Å². The Morgan fingerprint density at radius 1 is 1.21 bits per heavy atom. The summed E-state index contributed by atoms with van der Waals surface area (Å²) in [6, 6.07) is 4.45. The van der Waals surface area contributed by atoms with Gasteiger partial charge in [0.2, 0.25) is 0 Å². The maximum atomic E-state index is 11.0. The summed E-state index contributed by atoms with van der Waals surface area (Å²) in [5.74, 6) is -1.00. The maximum absolute atomic E-state index is 11.0. The molecule has 0 aliphatic carbocycles. The molecule has 1 aromatic carbocycles. The molecular formula is C12H7Cl3N2O2. The molecule has 0 aliphatic heterocycles. The fourth-order valence-corrected chi connectivity index (χ4v) is 2.30. The molecule has 0 fully saturated rings. The normalized spacial score (nSPS) is 10.5. The SMILES string of the molecule is Nc1ncc(C(=O)O)cc1-c1c(Cl)ccc(Cl)c1Cl. The molecule has 3 N–H and O–H groups in total. The number of hydrogen-bond donors (Lipinski definition) is 2. The Kier molecular flexibility index (Phi) is 3.85. The van der Waals surface area contributed by atoms with Crippen LogP contribution in [0.1, 0.15) is 10.4 Å². The first kappa shape index (κ1) is 13.9. The molecule has 0 spiro atoms. The second-order valence-corrected chi connectivity index (χ2v) is 4.87. The maximum Gasteiger partial charge on any atom is 0.337 e. The minimum atomic E-state index is -1.12. The van der Waals surface area contributed by atoms with Gasteiger partial charge in [0, 0.05) is 17.3 Å². The molecule has 7 heteroatoms. The summed E-state index contributed by atoms with van der Waals surface area (Å²) in [5.41, 5.74) is 6.42. The van der Waals surface area contributed by atoms with E-state index in [1.807, 2.05) is 0 Å². The molecule has 0 saturated carbocycles. The van der Waals surface area contributed by atoms with E-state index >= 15 is 0 Å². The number of carbonyl (C=O) groups is 1. The van der Waals surface area contributed by atoms with Crippen LogP contribution in [-0.4, -0.2) is 16.1 Å². The third kappa shape index (κ3) is 2.61. The minimum Gasteiger partial charge on any atom is -0.478 e. The highest BCUT2D eigenvalue weighted by Crippen LogP contribution is 2.40. The van der Waals surface area contributed by atoms with E-state index < -0.39 is 5.97 Å². The van der Waals surface area contributed by atoms with Crippen LogP contribution in [0.3, 0.4) is 0 Å². The zero-order valence-electron chi connectivity index (χ0n) is 9.32. The molecule has 2 aromatic rings. The van der Waals surface area contributed by atoms with Crippen molar-refractivity contribution in [2.75, 3.05) is 5.73 Å². The summed E-state index contributed by atoms with van der Waals surface area (Å²) in [6.45, 7) is 0. The van der Waals surface area contributed by atoms with Gasteiger partial charge in [-0.1, -0.05) is 34.8 Å². The topological polar surface area (TPSA) is 76.2 Å². The van der Waals surface area contributed by atoms with Gasteiger partial charge in [-0.05, 0) is 18.2 Å². The lowest BCUT2D eigenvalue weighted by atomic mass is 10.0. The van der Waals surface area contributed by atoms with Gasteiger partial charge in [0.15, 0.2) is 0 Å². The number of nitrogens with two attached hydrogens (primary N) is 1. The molecule has 0 amide bonds. The Balaban J connectivity index is 2.75. The second kappa shape index (κ2) is 5.25. The van der Waals surface area contributed by atoms with Gasteiger partial charge in [-0.3, -0.25) is 0 Å². The monoisotopic (exact) mass is 316 g/mol. The molecule has 4 nitrogen and oxygen atoms in total. The number of benzene rings is 1. The van der Waals surface area contributed by atoms with E-state index in [9.17, 15) is 4.79 Å². The number of rotatable bonds is 2. The largest absolute Gasteiger partial charge is 0.478 e. The van der Waals surface area contributed by atoms with Crippen molar-refractivity contribution in [2.45, 2.75) is 0 Å². The predicted molar refractivity (Wildman–Crippen MR) is 76.1 cm³/mol. The summed E-state index contributed by atoms with van der Waals surface area (Å²) < 4.78 is 0. The summed E-state index contributed by atoms with van der Waals surface area (Å²) in [4.78, 5) is 14.8. The number of halogens is 3. The van der Waals surface area contributed by atoms with Crippen LogP contribution in [0.4, 0.5) is 5.82 Å². The van der Waals surface area contributed by atoms with Crippen molar-refractivity contribution >= 4 is 46.6 Å². The number of hydrogen-bond acceptors (Lipinski definition) is 3. The first-order valence-electron chi connectivity index (χ1n) is 5.04. The number of aromatic carboxylic acids is 1. The van der Waals surface area contributed by atoms with Crippen molar-refractivity contribution in [3.8, 4) is 11.1 Å². The van der Waals surface area contributed by atoms with Gasteiger partial charge in [0.25, 0.3) is 0 Å². The molecule has 19 heavy (non-hydrogen) atoms. The average molecular weight is 318 g/mol. The second-order valence-electron chi connectivity index (χ2n) is 3.68. The van der Waals surface area contributed by atoms with Crippen LogP contribution < -0.4 is 5.73 Å². The highest BCUT2D eigenvalue weighted by atomic mass is 35.5. The molecule has 1 aromatic heterocycles. The van der Waals surface area contributed by atoms with E-state index in [-0.39, 0.29) is 16.4 Å². The quantitative estimate of drug-likeness (QED) is 0.821. The Morgan fingerprint density at radius 3 is 2.47 bits per heavy atom. The molecule has 98 valence electrons. The molecule has 1 heterocycles.